The predicted molar refractivity (Wildman–Crippen MR) is 178 cm³/mol. The van der Waals surface area contributed by atoms with Crippen molar-refractivity contribution in [2.45, 2.75) is 33.3 Å². The summed E-state index contributed by atoms with van der Waals surface area (Å²) in [5.41, 5.74) is 6.77. The second-order valence-corrected chi connectivity index (χ2v) is 10.9. The predicted octanol–water partition coefficient (Wildman–Crippen LogP) is 7.12. The Morgan fingerprint density at radius 2 is 1.41 bits per heavy atom. The van der Waals surface area contributed by atoms with E-state index in [9.17, 15) is 9.59 Å². The van der Waals surface area contributed by atoms with Gasteiger partial charge in [0.15, 0.2) is 0 Å². The first-order chi connectivity index (χ1) is 22.3. The Hall–Kier alpha value is -5.63. The SMILES string of the molecule is C=CCOC(=O)C1=C(C)NC(C)=C(C(=O)OCC=C)C1c1cn(-c2ccccc2)nc1-c1ccc(OCc2ccc(C)cc2)cc1. The summed E-state index contributed by atoms with van der Waals surface area (Å²) >= 11 is 0. The van der Waals surface area contributed by atoms with Gasteiger partial charge in [-0.05, 0) is 62.7 Å². The molecule has 1 aliphatic rings. The molecule has 0 saturated heterocycles. The van der Waals surface area contributed by atoms with Crippen molar-refractivity contribution in [1.29, 1.82) is 0 Å². The van der Waals surface area contributed by atoms with E-state index in [0.29, 0.717) is 35.0 Å². The Balaban J connectivity index is 1.61. The first kappa shape index (κ1) is 31.8. The molecule has 1 N–H and O–H groups in total. The van der Waals surface area contributed by atoms with E-state index >= 15 is 0 Å². The van der Waals surface area contributed by atoms with Crippen LogP contribution < -0.4 is 10.1 Å². The van der Waals surface area contributed by atoms with Crippen LogP contribution in [0.2, 0.25) is 0 Å². The van der Waals surface area contributed by atoms with Crippen molar-refractivity contribution < 1.29 is 23.8 Å². The fourth-order valence-corrected chi connectivity index (χ4v) is 5.37. The number of carbonyl (C=O) groups excluding carboxylic acids is 2. The second kappa shape index (κ2) is 14.4. The number of hydrogen-bond donors (Lipinski definition) is 1. The van der Waals surface area contributed by atoms with Crippen LogP contribution in [0.3, 0.4) is 0 Å². The van der Waals surface area contributed by atoms with Gasteiger partial charge in [0.1, 0.15) is 25.6 Å². The van der Waals surface area contributed by atoms with E-state index in [-0.39, 0.29) is 24.4 Å². The van der Waals surface area contributed by atoms with Crippen molar-refractivity contribution in [1.82, 2.24) is 15.1 Å². The zero-order chi connectivity index (χ0) is 32.6. The van der Waals surface area contributed by atoms with E-state index in [0.717, 1.165) is 16.8 Å². The third-order valence-corrected chi connectivity index (χ3v) is 7.59. The molecule has 234 valence electrons. The molecule has 8 nitrogen and oxygen atoms in total. The third-order valence-electron chi connectivity index (χ3n) is 7.59. The van der Waals surface area contributed by atoms with Crippen LogP contribution in [0.5, 0.6) is 5.75 Å². The Morgan fingerprint density at radius 3 is 1.98 bits per heavy atom. The van der Waals surface area contributed by atoms with Gasteiger partial charge in [-0.1, -0.05) is 73.3 Å². The lowest BCUT2D eigenvalue weighted by Crippen LogP contribution is -2.32. The molecule has 3 aromatic carbocycles. The minimum absolute atomic E-state index is 0.0153. The molecule has 0 saturated carbocycles. The maximum atomic E-state index is 13.6. The number of benzene rings is 3. The fourth-order valence-electron chi connectivity index (χ4n) is 5.37. The molecule has 2 heterocycles. The van der Waals surface area contributed by atoms with E-state index in [1.54, 1.807) is 18.5 Å². The number of esters is 2. The minimum atomic E-state index is -0.846. The first-order valence-corrected chi connectivity index (χ1v) is 15.0. The highest BCUT2D eigenvalue weighted by Crippen LogP contribution is 2.43. The lowest BCUT2D eigenvalue weighted by atomic mass is 9.79. The molecule has 0 aliphatic carbocycles. The van der Waals surface area contributed by atoms with Gasteiger partial charge in [0, 0.05) is 28.7 Å². The largest absolute Gasteiger partial charge is 0.489 e. The molecule has 8 heteroatoms. The Morgan fingerprint density at radius 1 is 0.826 bits per heavy atom. The zero-order valence-electron chi connectivity index (χ0n) is 26.3. The highest BCUT2D eigenvalue weighted by atomic mass is 16.5. The summed E-state index contributed by atoms with van der Waals surface area (Å²) < 4.78 is 18.9. The fraction of sp³-hybridized carbons (Fsp3) is 0.184. The highest BCUT2D eigenvalue weighted by Gasteiger charge is 2.40. The number of nitrogens with zero attached hydrogens (tertiary/aromatic N) is 2. The average molecular weight is 616 g/mol. The summed E-state index contributed by atoms with van der Waals surface area (Å²) in [4.78, 5) is 27.2. The maximum absolute atomic E-state index is 13.6. The summed E-state index contributed by atoms with van der Waals surface area (Å²) in [5.74, 6) is -1.30. The molecule has 0 bridgehead atoms. The average Bonchev–Trinajstić information content (AvgIpc) is 3.51. The van der Waals surface area contributed by atoms with E-state index < -0.39 is 17.9 Å². The molecule has 0 radical (unpaired) electrons. The van der Waals surface area contributed by atoms with Crippen molar-refractivity contribution >= 4 is 11.9 Å². The summed E-state index contributed by atoms with van der Waals surface area (Å²) in [6.07, 6.45) is 4.85. The van der Waals surface area contributed by atoms with Crippen molar-refractivity contribution in [3.05, 3.63) is 150 Å². The second-order valence-electron chi connectivity index (χ2n) is 10.9. The number of aromatic nitrogens is 2. The molecule has 0 atom stereocenters. The van der Waals surface area contributed by atoms with Crippen LogP contribution in [-0.4, -0.2) is 34.9 Å². The molecule has 0 spiro atoms. The van der Waals surface area contributed by atoms with E-state index in [1.807, 2.05) is 72.9 Å². The normalized spacial score (nSPS) is 13.2. The minimum Gasteiger partial charge on any atom is -0.489 e. The topological polar surface area (TPSA) is 91.7 Å². The van der Waals surface area contributed by atoms with Crippen LogP contribution in [-0.2, 0) is 25.7 Å². The van der Waals surface area contributed by atoms with Gasteiger partial charge in [0.25, 0.3) is 0 Å². The van der Waals surface area contributed by atoms with Crippen LogP contribution in [0, 0.1) is 6.92 Å². The number of dihydropyridines is 1. The molecule has 46 heavy (non-hydrogen) atoms. The summed E-state index contributed by atoms with van der Waals surface area (Å²) in [7, 11) is 0. The Labute approximate surface area is 269 Å². The monoisotopic (exact) mass is 615 g/mol. The smallest absolute Gasteiger partial charge is 0.337 e. The lowest BCUT2D eigenvalue weighted by molar-refractivity contribution is -0.138. The van der Waals surface area contributed by atoms with Crippen molar-refractivity contribution in [3.63, 3.8) is 0 Å². The summed E-state index contributed by atoms with van der Waals surface area (Å²) in [6, 6.07) is 25.5. The highest BCUT2D eigenvalue weighted by molar-refractivity contribution is 6.00. The van der Waals surface area contributed by atoms with Crippen LogP contribution in [0.15, 0.2) is 133 Å². The molecular weight excluding hydrogens is 578 g/mol. The quantitative estimate of drug-likeness (QED) is 0.134. The number of para-hydroxylation sites is 1. The number of nitrogens with one attached hydrogen (secondary N) is 1. The molecule has 0 fully saturated rings. The summed E-state index contributed by atoms with van der Waals surface area (Å²) in [5, 5.41) is 8.18. The molecule has 1 aliphatic heterocycles. The molecule has 1 aromatic heterocycles. The van der Waals surface area contributed by atoms with Gasteiger partial charge in [-0.15, -0.1) is 0 Å². The maximum Gasteiger partial charge on any atom is 0.337 e. The number of carbonyl (C=O) groups is 2. The molecule has 0 amide bonds. The number of allylic oxidation sites excluding steroid dienone is 2. The Bertz CT molecular complexity index is 1750. The van der Waals surface area contributed by atoms with Gasteiger partial charge >= 0.3 is 11.9 Å². The van der Waals surface area contributed by atoms with Gasteiger partial charge in [-0.25, -0.2) is 14.3 Å². The van der Waals surface area contributed by atoms with E-state index in [4.69, 9.17) is 19.3 Å². The van der Waals surface area contributed by atoms with Crippen molar-refractivity contribution in [2.75, 3.05) is 13.2 Å². The van der Waals surface area contributed by atoms with Gasteiger partial charge in [-0.3, -0.25) is 0 Å². The van der Waals surface area contributed by atoms with Gasteiger partial charge in [-0.2, -0.15) is 5.10 Å². The number of rotatable bonds is 12. The van der Waals surface area contributed by atoms with Gasteiger partial charge in [0.05, 0.1) is 28.4 Å². The van der Waals surface area contributed by atoms with E-state index in [1.165, 1.54) is 17.7 Å². The number of aryl methyl sites for hydroxylation is 1. The van der Waals surface area contributed by atoms with Crippen molar-refractivity contribution in [3.8, 4) is 22.7 Å². The van der Waals surface area contributed by atoms with Gasteiger partial charge < -0.3 is 19.5 Å². The van der Waals surface area contributed by atoms with Crippen LogP contribution in [0.25, 0.3) is 16.9 Å². The zero-order valence-corrected chi connectivity index (χ0v) is 26.3. The molecule has 4 aromatic rings. The number of ether oxygens (including phenoxy) is 3. The number of hydrogen-bond acceptors (Lipinski definition) is 7. The third kappa shape index (κ3) is 7.02. The van der Waals surface area contributed by atoms with Crippen LogP contribution in [0.4, 0.5) is 0 Å². The van der Waals surface area contributed by atoms with Crippen molar-refractivity contribution in [2.24, 2.45) is 0 Å². The lowest BCUT2D eigenvalue weighted by Gasteiger charge is -2.30. The molecule has 0 unspecified atom stereocenters. The van der Waals surface area contributed by atoms with Gasteiger partial charge in [0.2, 0.25) is 0 Å². The summed E-state index contributed by atoms with van der Waals surface area (Å²) in [6.45, 7) is 13.4. The Kier molecular flexibility index (Phi) is 9.97. The first-order valence-electron chi connectivity index (χ1n) is 15.0. The molecule has 5 rings (SSSR count). The standard InChI is InChI=1S/C38H37N3O5/c1-6-21-44-37(42)33-26(4)39-27(5)34(38(43)45-22-7-2)35(33)32-23-41(30-11-9-8-10-12-30)40-36(32)29-17-19-31(20-18-29)46-24-28-15-13-25(3)14-16-28/h6-20,23,35,39H,1-2,21-22,24H2,3-5H3. The van der Waals surface area contributed by atoms with Crippen LogP contribution in [0.1, 0.15) is 36.5 Å². The molecular formula is C38H37N3O5. The van der Waals surface area contributed by atoms with Crippen LogP contribution >= 0.6 is 0 Å². The van der Waals surface area contributed by atoms with E-state index in [2.05, 4.69) is 37.5 Å².